The van der Waals surface area contributed by atoms with Gasteiger partial charge in [-0.05, 0) is 91.6 Å². The van der Waals surface area contributed by atoms with E-state index in [4.69, 9.17) is 9.47 Å². The van der Waals surface area contributed by atoms with E-state index in [0.29, 0.717) is 28.9 Å². The average molecular weight is 502 g/mol. The SMILES string of the molecule is CC(C)(C)Oc1ccc(OC[C@@H]2Cc3cc(F)c(F)cc3CN2C(=O)c2cccc3ccccc23)cc1. The summed E-state index contributed by atoms with van der Waals surface area (Å²) in [7, 11) is 0. The molecule has 6 heteroatoms. The van der Waals surface area contributed by atoms with Crippen molar-refractivity contribution in [3.8, 4) is 11.5 Å². The monoisotopic (exact) mass is 501 g/mol. The minimum absolute atomic E-state index is 0.168. The van der Waals surface area contributed by atoms with Crippen molar-refractivity contribution in [3.63, 3.8) is 0 Å². The van der Waals surface area contributed by atoms with Crippen molar-refractivity contribution in [2.24, 2.45) is 0 Å². The van der Waals surface area contributed by atoms with E-state index in [0.717, 1.165) is 16.5 Å². The zero-order valence-corrected chi connectivity index (χ0v) is 21.1. The number of halogens is 2. The molecule has 4 nitrogen and oxygen atoms in total. The quantitative estimate of drug-likeness (QED) is 0.297. The summed E-state index contributed by atoms with van der Waals surface area (Å²) in [5.41, 5.74) is 1.54. The number of hydrogen-bond donors (Lipinski definition) is 0. The van der Waals surface area contributed by atoms with Crippen molar-refractivity contribution in [1.29, 1.82) is 0 Å². The third kappa shape index (κ3) is 5.43. The molecule has 0 radical (unpaired) electrons. The van der Waals surface area contributed by atoms with E-state index in [9.17, 15) is 13.6 Å². The first-order chi connectivity index (χ1) is 17.7. The highest BCUT2D eigenvalue weighted by atomic mass is 19.2. The normalized spacial score (nSPS) is 15.4. The van der Waals surface area contributed by atoms with Crippen molar-refractivity contribution >= 4 is 16.7 Å². The molecule has 190 valence electrons. The molecule has 1 atom stereocenters. The van der Waals surface area contributed by atoms with E-state index in [2.05, 4.69) is 0 Å². The molecule has 0 saturated carbocycles. The van der Waals surface area contributed by atoms with Gasteiger partial charge in [-0.1, -0.05) is 36.4 Å². The molecule has 1 amide bonds. The molecular formula is C31H29F2NO3. The Balaban J connectivity index is 1.42. The third-order valence-electron chi connectivity index (χ3n) is 6.45. The summed E-state index contributed by atoms with van der Waals surface area (Å²) in [6.07, 6.45) is 0.355. The van der Waals surface area contributed by atoms with Gasteiger partial charge in [-0.2, -0.15) is 0 Å². The Morgan fingerprint density at radius 1 is 0.892 bits per heavy atom. The maximum absolute atomic E-state index is 14.1. The molecule has 4 aromatic carbocycles. The van der Waals surface area contributed by atoms with Gasteiger partial charge in [0, 0.05) is 12.1 Å². The predicted octanol–water partition coefficient (Wildman–Crippen LogP) is 6.94. The van der Waals surface area contributed by atoms with Crippen LogP contribution in [0.2, 0.25) is 0 Å². The highest BCUT2D eigenvalue weighted by molar-refractivity contribution is 6.07. The van der Waals surface area contributed by atoms with Crippen molar-refractivity contribution < 1.29 is 23.0 Å². The molecule has 37 heavy (non-hydrogen) atoms. The lowest BCUT2D eigenvalue weighted by molar-refractivity contribution is 0.0567. The predicted molar refractivity (Wildman–Crippen MR) is 140 cm³/mol. The van der Waals surface area contributed by atoms with Crippen LogP contribution >= 0.6 is 0 Å². The molecular weight excluding hydrogens is 472 g/mol. The molecule has 1 aliphatic heterocycles. The topological polar surface area (TPSA) is 38.8 Å². The molecule has 0 fully saturated rings. The van der Waals surface area contributed by atoms with Crippen LogP contribution in [0.4, 0.5) is 8.78 Å². The van der Waals surface area contributed by atoms with Gasteiger partial charge in [0.2, 0.25) is 0 Å². The number of ether oxygens (including phenoxy) is 2. The second-order valence-electron chi connectivity index (χ2n) is 10.3. The average Bonchev–Trinajstić information content (AvgIpc) is 2.87. The molecule has 0 bridgehead atoms. The minimum atomic E-state index is -0.913. The summed E-state index contributed by atoms with van der Waals surface area (Å²) in [6, 6.07) is 22.7. The Morgan fingerprint density at radius 3 is 2.27 bits per heavy atom. The van der Waals surface area contributed by atoms with Gasteiger partial charge in [0.1, 0.15) is 23.7 Å². The van der Waals surface area contributed by atoms with E-state index in [1.807, 2.05) is 81.4 Å². The van der Waals surface area contributed by atoms with Crippen LogP contribution in [-0.2, 0) is 13.0 Å². The van der Waals surface area contributed by atoms with Crippen LogP contribution in [0.1, 0.15) is 42.3 Å². The van der Waals surface area contributed by atoms with Crippen molar-refractivity contribution in [1.82, 2.24) is 4.90 Å². The van der Waals surface area contributed by atoms with Crippen LogP contribution in [0.5, 0.6) is 11.5 Å². The van der Waals surface area contributed by atoms with E-state index >= 15 is 0 Å². The number of fused-ring (bicyclic) bond motifs is 2. The standard InChI is InChI=1S/C31H29F2NO3/c1-31(2,3)37-25-13-11-24(12-14-25)36-19-23-15-21-16-28(32)29(33)17-22(21)18-34(23)30(35)27-10-6-8-20-7-4-5-9-26(20)27/h4-14,16-17,23H,15,18-19H2,1-3H3/t23-/m0/s1. The number of carbonyl (C=O) groups is 1. The molecule has 0 aromatic heterocycles. The fourth-order valence-corrected chi connectivity index (χ4v) is 4.75. The molecule has 5 rings (SSSR count). The maximum Gasteiger partial charge on any atom is 0.255 e. The second kappa shape index (κ2) is 9.85. The zero-order valence-electron chi connectivity index (χ0n) is 21.1. The van der Waals surface area contributed by atoms with Crippen LogP contribution in [0.25, 0.3) is 10.8 Å². The smallest absolute Gasteiger partial charge is 0.255 e. The zero-order chi connectivity index (χ0) is 26.2. The van der Waals surface area contributed by atoms with Crippen molar-refractivity contribution in [2.75, 3.05) is 6.61 Å². The van der Waals surface area contributed by atoms with Gasteiger partial charge in [-0.25, -0.2) is 8.78 Å². The second-order valence-corrected chi connectivity index (χ2v) is 10.3. The number of rotatable bonds is 5. The molecule has 4 aromatic rings. The first-order valence-corrected chi connectivity index (χ1v) is 12.4. The first-order valence-electron chi connectivity index (χ1n) is 12.4. The van der Waals surface area contributed by atoms with Crippen LogP contribution in [0.3, 0.4) is 0 Å². The van der Waals surface area contributed by atoms with Crippen molar-refractivity contribution in [2.45, 2.75) is 45.4 Å². The first kappa shape index (κ1) is 24.8. The molecule has 0 spiro atoms. The highest BCUT2D eigenvalue weighted by Gasteiger charge is 2.32. The molecule has 0 N–H and O–H groups in total. The van der Waals surface area contributed by atoms with Gasteiger partial charge in [-0.3, -0.25) is 4.79 Å². The summed E-state index contributed by atoms with van der Waals surface area (Å²) in [4.78, 5) is 15.6. The molecule has 1 heterocycles. The Labute approximate surface area is 215 Å². The molecule has 1 aliphatic rings. The van der Waals surface area contributed by atoms with Gasteiger partial charge < -0.3 is 14.4 Å². The van der Waals surface area contributed by atoms with Gasteiger partial charge in [0.25, 0.3) is 5.91 Å². The largest absolute Gasteiger partial charge is 0.491 e. The lowest BCUT2D eigenvalue weighted by atomic mass is 9.92. The van der Waals surface area contributed by atoms with Crippen LogP contribution in [0, 0.1) is 11.6 Å². The Morgan fingerprint density at radius 2 is 1.54 bits per heavy atom. The summed E-state index contributed by atoms with van der Waals surface area (Å²) in [6.45, 7) is 6.31. The lowest BCUT2D eigenvalue weighted by Crippen LogP contribution is -2.47. The van der Waals surface area contributed by atoms with Gasteiger partial charge in [0.05, 0.1) is 6.04 Å². The van der Waals surface area contributed by atoms with Gasteiger partial charge >= 0.3 is 0 Å². The van der Waals surface area contributed by atoms with Crippen LogP contribution < -0.4 is 9.47 Å². The summed E-state index contributed by atoms with van der Waals surface area (Å²) in [5.74, 6) is -0.605. The molecule has 0 unspecified atom stereocenters. The summed E-state index contributed by atoms with van der Waals surface area (Å²) in [5, 5.41) is 1.81. The number of amides is 1. The fraction of sp³-hybridized carbons (Fsp3) is 0.258. The Hall–Kier alpha value is -3.93. The van der Waals surface area contributed by atoms with Crippen LogP contribution in [0.15, 0.2) is 78.9 Å². The number of carbonyl (C=O) groups excluding carboxylic acids is 1. The van der Waals surface area contributed by atoms with E-state index in [1.165, 1.54) is 12.1 Å². The van der Waals surface area contributed by atoms with E-state index in [-0.39, 0.29) is 30.7 Å². The number of hydrogen-bond acceptors (Lipinski definition) is 3. The Kier molecular flexibility index (Phi) is 6.59. The summed E-state index contributed by atoms with van der Waals surface area (Å²) < 4.78 is 40.0. The third-order valence-corrected chi connectivity index (χ3v) is 6.45. The molecule has 0 saturated heterocycles. The highest BCUT2D eigenvalue weighted by Crippen LogP contribution is 2.30. The molecule has 0 aliphatic carbocycles. The summed E-state index contributed by atoms with van der Waals surface area (Å²) >= 11 is 0. The van der Waals surface area contributed by atoms with E-state index in [1.54, 1.807) is 11.0 Å². The van der Waals surface area contributed by atoms with Gasteiger partial charge in [0.15, 0.2) is 11.6 Å². The van der Waals surface area contributed by atoms with Crippen molar-refractivity contribution in [3.05, 3.63) is 107 Å². The number of nitrogens with zero attached hydrogens (tertiary/aromatic N) is 1. The van der Waals surface area contributed by atoms with E-state index < -0.39 is 11.6 Å². The maximum atomic E-state index is 14.1. The lowest BCUT2D eigenvalue weighted by Gasteiger charge is -2.37. The minimum Gasteiger partial charge on any atom is -0.491 e. The Bertz CT molecular complexity index is 1440. The fourth-order valence-electron chi connectivity index (χ4n) is 4.75. The van der Waals surface area contributed by atoms with Gasteiger partial charge in [-0.15, -0.1) is 0 Å². The number of benzene rings is 4. The van der Waals surface area contributed by atoms with Crippen LogP contribution in [-0.4, -0.2) is 29.1 Å².